The number of nitrogens with zero attached hydrogens (tertiary/aromatic N) is 2. The predicted molar refractivity (Wildman–Crippen MR) is 249 cm³/mol. The molecule has 0 radical (unpaired) electrons. The molecule has 0 amide bonds. The molecule has 366 valence electrons. The number of halogens is 1. The number of aliphatic carboxylic acids is 1. The summed E-state index contributed by atoms with van der Waals surface area (Å²) in [6, 6.07) is 8.45. The minimum absolute atomic E-state index is 0. The Labute approximate surface area is 394 Å². The number of carbonyl (C=O) groups is 1. The van der Waals surface area contributed by atoms with E-state index in [0.29, 0.717) is 99.0 Å². The average molecular weight is 998 g/mol. The van der Waals surface area contributed by atoms with Crippen LogP contribution in [0.5, 0.6) is 0 Å². The number of fused-ring (bicyclic) bond motifs is 2. The zero-order chi connectivity index (χ0) is 47.8. The summed E-state index contributed by atoms with van der Waals surface area (Å²) in [7, 11) is -11.1. The lowest BCUT2D eigenvalue weighted by Crippen LogP contribution is -2.33. The molecule has 1 N–H and O–H groups in total. The molecule has 0 fully saturated rings. The smallest absolute Gasteiger partial charge is 0.303 e. The molecule has 0 saturated carbocycles. The lowest BCUT2D eigenvalue weighted by atomic mass is 9.75. The molecule has 3 aliphatic rings. The standard InChI is InChI=1S/C45H59ClN2O14S3.CH4/c1-44(21-9-29-63(51,52)53)36-30-34(64(54,55)56)16-18-39(36)48(24-26-62-28-27-61-4)40(44)19-13-32-10-8-11-33(43(32)46)14-20-41-45(2,22-25-60-3)37-31-35(65(57,58)59)15-17-38(37)47(41)23-7-5-6-12-42(49)50;/h13-20,30-31H,5-12,21-29H2,1-4H3,(H3-,49,50,51,52,53,54,55,56,57,58,59);1H4/p-2. The number of hydrogen-bond acceptors (Lipinski definition) is 14. The molecular formula is C46H61ClN2O14S3-2. The summed E-state index contributed by atoms with van der Waals surface area (Å²) >= 11 is 7.24. The van der Waals surface area contributed by atoms with Crippen LogP contribution in [-0.4, -0.2) is 120 Å². The summed E-state index contributed by atoms with van der Waals surface area (Å²) in [6.45, 7) is 5.79. The fourth-order valence-electron chi connectivity index (χ4n) is 8.98. The summed E-state index contributed by atoms with van der Waals surface area (Å²) in [5.74, 6) is -1.53. The Bertz CT molecular complexity index is 2610. The van der Waals surface area contributed by atoms with Crippen LogP contribution >= 0.6 is 11.6 Å². The fraction of sp³-hybridized carbons (Fsp3) is 0.522. The van der Waals surface area contributed by atoms with Crippen LogP contribution in [0.2, 0.25) is 0 Å². The number of unbranched alkanes of at least 4 members (excludes halogenated alkanes) is 2. The molecule has 2 heterocycles. The van der Waals surface area contributed by atoms with Crippen LogP contribution in [0.15, 0.2) is 92.4 Å². The molecule has 0 aromatic heterocycles. The Morgan fingerprint density at radius 3 is 2.12 bits per heavy atom. The van der Waals surface area contributed by atoms with Gasteiger partial charge in [0.1, 0.15) is 26.8 Å². The van der Waals surface area contributed by atoms with Crippen molar-refractivity contribution in [3.63, 3.8) is 0 Å². The molecule has 20 heteroatoms. The van der Waals surface area contributed by atoms with Crippen LogP contribution in [0.3, 0.4) is 0 Å². The van der Waals surface area contributed by atoms with Gasteiger partial charge in [0.2, 0.25) is 5.69 Å². The first-order valence-electron chi connectivity index (χ1n) is 21.4. The van der Waals surface area contributed by atoms with Gasteiger partial charge in [-0.1, -0.05) is 37.6 Å². The number of rotatable bonds is 24. The van der Waals surface area contributed by atoms with E-state index in [1.165, 1.54) is 24.3 Å². The maximum atomic E-state index is 12.2. The van der Waals surface area contributed by atoms with Gasteiger partial charge in [-0.15, -0.1) is 0 Å². The van der Waals surface area contributed by atoms with Gasteiger partial charge in [-0.05, 0) is 118 Å². The lowest BCUT2D eigenvalue weighted by Gasteiger charge is -2.30. The van der Waals surface area contributed by atoms with Gasteiger partial charge in [0.25, 0.3) is 0 Å². The van der Waals surface area contributed by atoms with Gasteiger partial charge in [0.15, 0.2) is 12.3 Å². The number of anilines is 1. The van der Waals surface area contributed by atoms with E-state index in [1.807, 2.05) is 42.7 Å². The van der Waals surface area contributed by atoms with Gasteiger partial charge >= 0.3 is 5.97 Å². The van der Waals surface area contributed by atoms with Crippen LogP contribution in [0.1, 0.15) is 96.6 Å². The molecule has 2 aliphatic heterocycles. The van der Waals surface area contributed by atoms with Crippen molar-refractivity contribution < 1.29 is 67.6 Å². The predicted octanol–water partition coefficient (Wildman–Crippen LogP) is 6.98. The van der Waals surface area contributed by atoms with Crippen molar-refractivity contribution in [1.29, 1.82) is 0 Å². The molecule has 2 atom stereocenters. The van der Waals surface area contributed by atoms with Crippen LogP contribution < -0.4 is 4.90 Å². The summed E-state index contributed by atoms with van der Waals surface area (Å²) in [4.78, 5) is 12.5. The van der Waals surface area contributed by atoms with Crippen LogP contribution in [0.4, 0.5) is 11.4 Å². The Morgan fingerprint density at radius 1 is 0.818 bits per heavy atom. The molecule has 1 aliphatic carbocycles. The monoisotopic (exact) mass is 996 g/mol. The first-order chi connectivity index (χ1) is 30.5. The number of carboxylic acids is 1. The van der Waals surface area contributed by atoms with E-state index in [-0.39, 0.29) is 38.2 Å². The van der Waals surface area contributed by atoms with Crippen molar-refractivity contribution in [1.82, 2.24) is 0 Å². The second-order valence-corrected chi connectivity index (χ2v) is 21.5. The first kappa shape index (κ1) is 54.8. The second-order valence-electron chi connectivity index (χ2n) is 16.8. The van der Waals surface area contributed by atoms with E-state index in [2.05, 4.69) is 4.90 Å². The zero-order valence-corrected chi connectivity index (χ0v) is 40.3. The highest BCUT2D eigenvalue weighted by molar-refractivity contribution is 7.86. The molecule has 2 aromatic rings. The number of allylic oxidation sites excluding steroid dienone is 8. The van der Waals surface area contributed by atoms with E-state index in [9.17, 15) is 48.8 Å². The molecule has 0 bridgehead atoms. The largest absolute Gasteiger partial charge is 0.748 e. The topological polar surface area (TPSA) is 243 Å². The van der Waals surface area contributed by atoms with Gasteiger partial charge < -0.3 is 37.9 Å². The third-order valence-electron chi connectivity index (χ3n) is 12.4. The van der Waals surface area contributed by atoms with Crippen LogP contribution in [0.25, 0.3) is 0 Å². The normalized spacial score (nSPS) is 21.3. The maximum absolute atomic E-state index is 12.2. The molecule has 2 aromatic carbocycles. The summed E-state index contributed by atoms with van der Waals surface area (Å²) < 4.78 is 127. The second kappa shape index (κ2) is 23.0. The van der Waals surface area contributed by atoms with Gasteiger partial charge in [-0.2, -0.15) is 4.58 Å². The number of carboxylic acid groups (broad SMARTS) is 1. The minimum atomic E-state index is -4.87. The summed E-state index contributed by atoms with van der Waals surface area (Å²) in [5.41, 5.74) is 3.66. The highest BCUT2D eigenvalue weighted by Crippen LogP contribution is 2.51. The molecule has 0 saturated heterocycles. The molecule has 5 rings (SSSR count). The molecule has 2 unspecified atom stereocenters. The number of ether oxygens (including phenoxy) is 3. The minimum Gasteiger partial charge on any atom is -0.748 e. The Kier molecular flexibility index (Phi) is 19.1. The quantitative estimate of drug-likeness (QED) is 0.0634. The number of benzene rings is 2. The van der Waals surface area contributed by atoms with Crippen molar-refractivity contribution in [2.24, 2.45) is 0 Å². The third-order valence-corrected chi connectivity index (χ3v) is 15.3. The van der Waals surface area contributed by atoms with Crippen molar-refractivity contribution in [3.8, 4) is 0 Å². The van der Waals surface area contributed by atoms with E-state index in [4.69, 9.17) is 25.8 Å². The van der Waals surface area contributed by atoms with Crippen LogP contribution in [0, 0.1) is 0 Å². The van der Waals surface area contributed by atoms with Gasteiger partial charge in [-0.3, -0.25) is 4.79 Å². The number of hydrogen-bond donors (Lipinski definition) is 1. The van der Waals surface area contributed by atoms with Crippen molar-refractivity contribution in [3.05, 3.63) is 93.7 Å². The van der Waals surface area contributed by atoms with Crippen molar-refractivity contribution in [2.45, 2.75) is 106 Å². The van der Waals surface area contributed by atoms with Crippen molar-refractivity contribution >= 4 is 65.0 Å². The lowest BCUT2D eigenvalue weighted by molar-refractivity contribution is -0.442. The Hall–Kier alpha value is -3.76. The zero-order valence-electron chi connectivity index (χ0n) is 37.0. The number of methoxy groups -OCH3 is 2. The molecule has 66 heavy (non-hydrogen) atoms. The molecule has 0 spiro atoms. The Morgan fingerprint density at radius 2 is 1.48 bits per heavy atom. The van der Waals surface area contributed by atoms with Crippen LogP contribution in [-0.2, 0) is 60.2 Å². The van der Waals surface area contributed by atoms with Crippen molar-refractivity contribution in [2.75, 3.05) is 64.4 Å². The van der Waals surface area contributed by atoms with E-state index in [1.54, 1.807) is 26.4 Å². The van der Waals surface area contributed by atoms with Gasteiger partial charge in [-0.25, -0.2) is 25.3 Å². The Balaban J connectivity index is 0.00000952. The van der Waals surface area contributed by atoms with Gasteiger partial charge in [0.05, 0.1) is 38.5 Å². The first-order valence-corrected chi connectivity index (χ1v) is 26.1. The molecule has 16 nitrogen and oxygen atoms in total. The third kappa shape index (κ3) is 13.3. The SMILES string of the molecule is C.COCCOCC[N+]1=C(C=CC2=C(Cl)C(=CC=C3N(CCCCCC(=O)O)c4ccc(S(=O)(=O)[O-])cc4C3(C)CCOC)CCC2)C(C)(CCCS(=O)(=O)[O-])c2cc(S(=O)(=O)[O-])ccc21. The highest BCUT2D eigenvalue weighted by Gasteiger charge is 2.48. The van der Waals surface area contributed by atoms with E-state index in [0.717, 1.165) is 29.0 Å². The highest BCUT2D eigenvalue weighted by atomic mass is 35.5. The fourth-order valence-corrected chi connectivity index (χ4v) is 10.8. The van der Waals surface area contributed by atoms with Gasteiger partial charge in [0, 0.05) is 79.1 Å². The van der Waals surface area contributed by atoms with E-state index < -0.39 is 57.8 Å². The summed E-state index contributed by atoms with van der Waals surface area (Å²) in [6.07, 6.45) is 11.9. The van der Waals surface area contributed by atoms with E-state index >= 15 is 0 Å². The summed E-state index contributed by atoms with van der Waals surface area (Å²) in [5, 5.41) is 9.67. The molecular weight excluding hydrogens is 936 g/mol. The average Bonchev–Trinajstić information content (AvgIpc) is 3.60. The maximum Gasteiger partial charge on any atom is 0.303 e.